The molecule has 4 rings (SSSR count). The van der Waals surface area contributed by atoms with Gasteiger partial charge in [0.05, 0.1) is 17.9 Å². The Bertz CT molecular complexity index is 1090. The minimum absolute atomic E-state index is 0.0105. The number of hydrogen-bond acceptors (Lipinski definition) is 3. The highest BCUT2D eigenvalue weighted by Crippen LogP contribution is 2.32. The average molecular weight is 402 g/mol. The molecule has 1 aliphatic rings. The lowest BCUT2D eigenvalue weighted by Crippen LogP contribution is -2.28. The third-order valence-corrected chi connectivity index (χ3v) is 5.35. The Labute approximate surface area is 176 Å². The summed E-state index contributed by atoms with van der Waals surface area (Å²) in [5, 5.41) is 4.94. The summed E-state index contributed by atoms with van der Waals surface area (Å²) >= 11 is 0. The maximum Gasteiger partial charge on any atom is 0.256 e. The molecule has 0 radical (unpaired) electrons. The molecule has 0 unspecified atom stereocenters. The number of fused-ring (bicyclic) bond motifs is 1. The van der Waals surface area contributed by atoms with E-state index in [0.717, 1.165) is 34.9 Å². The van der Waals surface area contributed by atoms with Crippen LogP contribution in [-0.2, 0) is 11.3 Å². The smallest absolute Gasteiger partial charge is 0.256 e. The van der Waals surface area contributed by atoms with Crippen molar-refractivity contribution in [1.29, 1.82) is 0 Å². The molecular formula is C25H26N2O3. The number of anilines is 1. The van der Waals surface area contributed by atoms with Crippen LogP contribution in [0, 0.1) is 5.92 Å². The summed E-state index contributed by atoms with van der Waals surface area (Å²) in [5.74, 6) is 0.692. The number of rotatable bonds is 7. The number of para-hydroxylation sites is 1. The second-order valence-electron chi connectivity index (χ2n) is 7.71. The second kappa shape index (κ2) is 8.57. The normalized spacial score (nSPS) is 13.1. The van der Waals surface area contributed by atoms with Crippen LogP contribution in [0.3, 0.4) is 0 Å². The Morgan fingerprint density at radius 2 is 1.70 bits per heavy atom. The Hall–Kier alpha value is -3.34. The Kier molecular flexibility index (Phi) is 5.70. The predicted molar refractivity (Wildman–Crippen MR) is 119 cm³/mol. The summed E-state index contributed by atoms with van der Waals surface area (Å²) in [5.41, 5.74) is 2.01. The van der Waals surface area contributed by atoms with Crippen LogP contribution in [-0.4, -0.2) is 30.4 Å². The fraction of sp³-hybridized carbons (Fsp3) is 0.280. The molecule has 1 saturated carbocycles. The number of amides is 2. The van der Waals surface area contributed by atoms with Crippen LogP contribution in [0.25, 0.3) is 10.8 Å². The number of ether oxygens (including phenoxy) is 1. The molecule has 0 aromatic heterocycles. The minimum Gasteiger partial charge on any atom is -0.494 e. The van der Waals surface area contributed by atoms with Crippen LogP contribution in [0.5, 0.6) is 5.75 Å². The molecule has 1 fully saturated rings. The number of nitrogens with one attached hydrogen (secondary N) is 1. The van der Waals surface area contributed by atoms with E-state index in [1.165, 1.54) is 0 Å². The molecule has 0 saturated heterocycles. The number of carbonyl (C=O) groups excluding carboxylic acids is 2. The van der Waals surface area contributed by atoms with Crippen molar-refractivity contribution < 1.29 is 14.3 Å². The quantitative estimate of drug-likeness (QED) is 0.614. The standard InChI is InChI=1S/C25H26N2O3/c1-3-30-23-11-7-6-10-20(23)16-27(2)25(29)21-14-18-8-4-5-9-19(18)15-22(21)26-24(28)17-12-13-17/h4-11,14-15,17H,3,12-13,16H2,1-2H3,(H,26,28). The van der Waals surface area contributed by atoms with Gasteiger partial charge in [0, 0.05) is 25.1 Å². The first-order valence-electron chi connectivity index (χ1n) is 10.4. The van der Waals surface area contributed by atoms with E-state index in [1.54, 1.807) is 11.9 Å². The van der Waals surface area contributed by atoms with E-state index >= 15 is 0 Å². The third kappa shape index (κ3) is 4.30. The predicted octanol–water partition coefficient (Wildman–Crippen LogP) is 4.86. The van der Waals surface area contributed by atoms with Crippen molar-refractivity contribution >= 4 is 28.3 Å². The molecule has 0 spiro atoms. The SMILES string of the molecule is CCOc1ccccc1CN(C)C(=O)c1cc2ccccc2cc1NC(=O)C1CC1. The van der Waals surface area contributed by atoms with E-state index in [2.05, 4.69) is 5.32 Å². The lowest BCUT2D eigenvalue weighted by atomic mass is 10.0. The van der Waals surface area contributed by atoms with Crippen LogP contribution in [0.15, 0.2) is 60.7 Å². The first-order valence-corrected chi connectivity index (χ1v) is 10.4. The highest BCUT2D eigenvalue weighted by molar-refractivity contribution is 6.08. The molecule has 3 aromatic rings. The summed E-state index contributed by atoms with van der Waals surface area (Å²) in [6, 6.07) is 19.4. The first-order chi connectivity index (χ1) is 14.6. The molecule has 0 heterocycles. The maximum absolute atomic E-state index is 13.4. The van der Waals surface area contributed by atoms with Crippen LogP contribution < -0.4 is 10.1 Å². The molecule has 3 aromatic carbocycles. The van der Waals surface area contributed by atoms with E-state index in [1.807, 2.05) is 67.6 Å². The minimum atomic E-state index is -0.141. The average Bonchev–Trinajstić information content (AvgIpc) is 3.60. The number of benzene rings is 3. The number of nitrogens with zero attached hydrogens (tertiary/aromatic N) is 1. The van der Waals surface area contributed by atoms with Crippen molar-refractivity contribution in [2.24, 2.45) is 5.92 Å². The van der Waals surface area contributed by atoms with Crippen molar-refractivity contribution in [3.05, 3.63) is 71.8 Å². The lowest BCUT2D eigenvalue weighted by molar-refractivity contribution is -0.117. The third-order valence-electron chi connectivity index (χ3n) is 5.35. The molecule has 154 valence electrons. The Balaban J connectivity index is 1.64. The number of carbonyl (C=O) groups is 2. The summed E-state index contributed by atoms with van der Waals surface area (Å²) < 4.78 is 5.70. The molecule has 2 amide bonds. The van der Waals surface area contributed by atoms with Crippen LogP contribution in [0.2, 0.25) is 0 Å². The molecule has 5 nitrogen and oxygen atoms in total. The maximum atomic E-state index is 13.4. The van der Waals surface area contributed by atoms with Gasteiger partial charge in [0.15, 0.2) is 0 Å². The second-order valence-corrected chi connectivity index (χ2v) is 7.71. The van der Waals surface area contributed by atoms with Gasteiger partial charge in [0.2, 0.25) is 5.91 Å². The van der Waals surface area contributed by atoms with Gasteiger partial charge in [-0.05, 0) is 48.7 Å². The van der Waals surface area contributed by atoms with Gasteiger partial charge in [-0.15, -0.1) is 0 Å². The summed E-state index contributed by atoms with van der Waals surface area (Å²) in [6.45, 7) is 2.92. The monoisotopic (exact) mass is 402 g/mol. The van der Waals surface area contributed by atoms with Crippen molar-refractivity contribution in [1.82, 2.24) is 4.90 Å². The van der Waals surface area contributed by atoms with Gasteiger partial charge in [-0.1, -0.05) is 42.5 Å². The van der Waals surface area contributed by atoms with E-state index in [9.17, 15) is 9.59 Å². The zero-order chi connectivity index (χ0) is 21.1. The fourth-order valence-electron chi connectivity index (χ4n) is 3.56. The molecule has 1 aliphatic carbocycles. The zero-order valence-electron chi connectivity index (χ0n) is 17.4. The number of hydrogen-bond donors (Lipinski definition) is 1. The molecule has 1 N–H and O–H groups in total. The van der Waals surface area contributed by atoms with Gasteiger partial charge in [-0.2, -0.15) is 0 Å². The fourth-order valence-corrected chi connectivity index (χ4v) is 3.56. The highest BCUT2D eigenvalue weighted by atomic mass is 16.5. The molecular weight excluding hydrogens is 376 g/mol. The van der Waals surface area contributed by atoms with Gasteiger partial charge in [0.25, 0.3) is 5.91 Å². The van der Waals surface area contributed by atoms with Gasteiger partial charge in [-0.25, -0.2) is 0 Å². The van der Waals surface area contributed by atoms with E-state index in [-0.39, 0.29) is 17.7 Å². The van der Waals surface area contributed by atoms with E-state index in [0.29, 0.717) is 24.4 Å². The van der Waals surface area contributed by atoms with E-state index < -0.39 is 0 Å². The Morgan fingerprint density at radius 1 is 1.03 bits per heavy atom. The molecule has 0 atom stereocenters. The molecule has 5 heteroatoms. The highest BCUT2D eigenvalue weighted by Gasteiger charge is 2.30. The summed E-state index contributed by atoms with van der Waals surface area (Å²) in [7, 11) is 1.77. The van der Waals surface area contributed by atoms with Crippen LogP contribution in [0.4, 0.5) is 5.69 Å². The van der Waals surface area contributed by atoms with Crippen molar-refractivity contribution in [2.75, 3.05) is 19.0 Å². The van der Waals surface area contributed by atoms with Crippen molar-refractivity contribution in [2.45, 2.75) is 26.3 Å². The molecule has 0 aliphatic heterocycles. The van der Waals surface area contributed by atoms with Crippen molar-refractivity contribution in [3.8, 4) is 5.75 Å². The van der Waals surface area contributed by atoms with Gasteiger partial charge < -0.3 is 15.0 Å². The first kappa shape index (κ1) is 20.0. The zero-order valence-corrected chi connectivity index (χ0v) is 17.4. The van der Waals surface area contributed by atoms with Gasteiger partial charge in [0.1, 0.15) is 5.75 Å². The van der Waals surface area contributed by atoms with Crippen LogP contribution >= 0.6 is 0 Å². The van der Waals surface area contributed by atoms with E-state index in [4.69, 9.17) is 4.74 Å². The van der Waals surface area contributed by atoms with Crippen LogP contribution in [0.1, 0.15) is 35.7 Å². The molecule has 30 heavy (non-hydrogen) atoms. The van der Waals surface area contributed by atoms with Gasteiger partial charge in [-0.3, -0.25) is 9.59 Å². The largest absolute Gasteiger partial charge is 0.494 e. The lowest BCUT2D eigenvalue weighted by Gasteiger charge is -2.21. The Morgan fingerprint density at radius 3 is 2.40 bits per heavy atom. The topological polar surface area (TPSA) is 58.6 Å². The molecule has 0 bridgehead atoms. The summed E-state index contributed by atoms with van der Waals surface area (Å²) in [4.78, 5) is 27.5. The van der Waals surface area contributed by atoms with Crippen molar-refractivity contribution in [3.63, 3.8) is 0 Å². The van der Waals surface area contributed by atoms with Gasteiger partial charge >= 0.3 is 0 Å². The summed E-state index contributed by atoms with van der Waals surface area (Å²) in [6.07, 6.45) is 1.83.